The van der Waals surface area contributed by atoms with E-state index in [0.29, 0.717) is 6.54 Å². The van der Waals surface area contributed by atoms with Crippen LogP contribution >= 0.6 is 24.0 Å². The van der Waals surface area contributed by atoms with E-state index in [1.54, 1.807) is 21.3 Å². The molecule has 3 N–H and O–H groups in total. The summed E-state index contributed by atoms with van der Waals surface area (Å²) in [4.78, 5) is 17.9. The summed E-state index contributed by atoms with van der Waals surface area (Å²) in [7, 11) is 5.09. The zero-order valence-electron chi connectivity index (χ0n) is 19.0. The number of hydrogen-bond acceptors (Lipinski definition) is 5. The van der Waals surface area contributed by atoms with E-state index in [1.165, 1.54) is 6.92 Å². The Labute approximate surface area is 206 Å². The first-order valence-corrected chi connectivity index (χ1v) is 10.3. The van der Waals surface area contributed by atoms with Crippen LogP contribution in [0.4, 0.5) is 11.4 Å². The summed E-state index contributed by atoms with van der Waals surface area (Å²) < 4.78 is 10.8. The Kier molecular flexibility index (Phi) is 9.89. The highest BCUT2D eigenvalue weighted by Crippen LogP contribution is 2.30. The Bertz CT molecular complexity index is 915. The fourth-order valence-electron chi connectivity index (χ4n) is 3.62. The molecule has 1 fully saturated rings. The third-order valence-corrected chi connectivity index (χ3v) is 5.16. The number of hydrogen-bond donors (Lipinski definition) is 3. The van der Waals surface area contributed by atoms with Crippen LogP contribution < -0.4 is 30.3 Å². The molecule has 0 aromatic heterocycles. The van der Waals surface area contributed by atoms with Crippen molar-refractivity contribution in [1.29, 1.82) is 0 Å². The van der Waals surface area contributed by atoms with Gasteiger partial charge in [-0.2, -0.15) is 0 Å². The average Bonchev–Trinajstić information content (AvgIpc) is 3.24. The number of carbonyl (C=O) groups excluding carboxylic acids is 1. The van der Waals surface area contributed by atoms with Gasteiger partial charge in [0.1, 0.15) is 11.5 Å². The third kappa shape index (κ3) is 7.18. The molecule has 174 valence electrons. The summed E-state index contributed by atoms with van der Waals surface area (Å²) in [6.45, 7) is 3.90. The minimum Gasteiger partial charge on any atom is -0.497 e. The molecule has 0 aliphatic carbocycles. The van der Waals surface area contributed by atoms with Gasteiger partial charge >= 0.3 is 0 Å². The van der Waals surface area contributed by atoms with Gasteiger partial charge in [0.05, 0.1) is 14.2 Å². The topological polar surface area (TPSA) is 87.2 Å². The van der Waals surface area contributed by atoms with Crippen molar-refractivity contribution >= 4 is 47.2 Å². The predicted molar refractivity (Wildman–Crippen MR) is 140 cm³/mol. The van der Waals surface area contributed by atoms with Crippen LogP contribution in [0.1, 0.15) is 18.9 Å². The number of aliphatic imine (C=N–C) groups is 1. The SMILES string of the molecule is CN=C(NCc1cccc(NC(C)=O)c1)NC1CCN(c2cc(OC)cc(OC)c2)C1.I. The first kappa shape index (κ1) is 25.6. The van der Waals surface area contributed by atoms with Gasteiger partial charge in [-0.15, -0.1) is 24.0 Å². The summed E-state index contributed by atoms with van der Waals surface area (Å²) in [5, 5.41) is 9.66. The maximum atomic E-state index is 11.3. The van der Waals surface area contributed by atoms with Crippen molar-refractivity contribution < 1.29 is 14.3 Å². The van der Waals surface area contributed by atoms with E-state index in [0.717, 1.165) is 53.9 Å². The lowest BCUT2D eigenvalue weighted by molar-refractivity contribution is -0.114. The Hall–Kier alpha value is -2.69. The van der Waals surface area contributed by atoms with Crippen LogP contribution in [0.25, 0.3) is 0 Å². The second kappa shape index (κ2) is 12.4. The summed E-state index contributed by atoms with van der Waals surface area (Å²) >= 11 is 0. The van der Waals surface area contributed by atoms with Crippen LogP contribution in [0.15, 0.2) is 47.5 Å². The van der Waals surface area contributed by atoms with E-state index >= 15 is 0 Å². The molecule has 1 atom stereocenters. The van der Waals surface area contributed by atoms with Crippen molar-refractivity contribution in [1.82, 2.24) is 10.6 Å². The predicted octanol–water partition coefficient (Wildman–Crippen LogP) is 3.22. The van der Waals surface area contributed by atoms with Gasteiger partial charge in [-0.3, -0.25) is 9.79 Å². The number of nitrogens with one attached hydrogen (secondary N) is 3. The quantitative estimate of drug-likeness (QED) is 0.278. The van der Waals surface area contributed by atoms with Crippen LogP contribution in [0.5, 0.6) is 11.5 Å². The molecule has 1 aliphatic rings. The normalized spacial score (nSPS) is 15.6. The zero-order valence-corrected chi connectivity index (χ0v) is 21.3. The molecule has 1 amide bonds. The minimum absolute atomic E-state index is 0. The smallest absolute Gasteiger partial charge is 0.221 e. The molecular formula is C23H32IN5O3. The highest BCUT2D eigenvalue weighted by Gasteiger charge is 2.24. The van der Waals surface area contributed by atoms with E-state index < -0.39 is 0 Å². The largest absolute Gasteiger partial charge is 0.497 e. The summed E-state index contributed by atoms with van der Waals surface area (Å²) in [5.41, 5.74) is 2.93. The molecular weight excluding hydrogens is 521 g/mol. The number of nitrogens with zero attached hydrogens (tertiary/aromatic N) is 2. The van der Waals surface area contributed by atoms with Gasteiger partial charge in [0.15, 0.2) is 5.96 Å². The van der Waals surface area contributed by atoms with E-state index in [1.807, 2.05) is 42.5 Å². The van der Waals surface area contributed by atoms with Crippen LogP contribution in [0.2, 0.25) is 0 Å². The fraction of sp³-hybridized carbons (Fsp3) is 0.391. The average molecular weight is 553 g/mol. The number of anilines is 2. The van der Waals surface area contributed by atoms with Crippen molar-refractivity contribution in [2.75, 3.05) is 44.6 Å². The number of guanidine groups is 1. The van der Waals surface area contributed by atoms with Crippen molar-refractivity contribution in [2.45, 2.75) is 25.9 Å². The molecule has 0 bridgehead atoms. The van der Waals surface area contributed by atoms with Gasteiger partial charge in [0.25, 0.3) is 0 Å². The van der Waals surface area contributed by atoms with Crippen LogP contribution in [0.3, 0.4) is 0 Å². The molecule has 0 spiro atoms. The Morgan fingerprint density at radius 1 is 1.16 bits per heavy atom. The monoisotopic (exact) mass is 553 g/mol. The summed E-state index contributed by atoms with van der Waals surface area (Å²) in [6, 6.07) is 14.0. The summed E-state index contributed by atoms with van der Waals surface area (Å²) in [5.74, 6) is 2.23. The minimum atomic E-state index is -0.0815. The van der Waals surface area contributed by atoms with Crippen molar-refractivity contribution in [2.24, 2.45) is 4.99 Å². The van der Waals surface area contributed by atoms with Gasteiger partial charge in [0, 0.05) is 69.2 Å². The van der Waals surface area contributed by atoms with Gasteiger partial charge in [-0.25, -0.2) is 0 Å². The molecule has 32 heavy (non-hydrogen) atoms. The van der Waals surface area contributed by atoms with Crippen LogP contribution in [-0.2, 0) is 11.3 Å². The highest BCUT2D eigenvalue weighted by molar-refractivity contribution is 14.0. The third-order valence-electron chi connectivity index (χ3n) is 5.16. The zero-order chi connectivity index (χ0) is 22.2. The number of carbonyl (C=O) groups is 1. The van der Waals surface area contributed by atoms with E-state index in [4.69, 9.17) is 9.47 Å². The number of methoxy groups -OCH3 is 2. The first-order valence-electron chi connectivity index (χ1n) is 10.3. The van der Waals surface area contributed by atoms with E-state index in [-0.39, 0.29) is 35.9 Å². The fourth-order valence-corrected chi connectivity index (χ4v) is 3.62. The molecule has 1 saturated heterocycles. The van der Waals surface area contributed by atoms with Gasteiger partial charge in [-0.1, -0.05) is 12.1 Å². The highest BCUT2D eigenvalue weighted by atomic mass is 127. The van der Waals surface area contributed by atoms with E-state index in [9.17, 15) is 4.79 Å². The Balaban J connectivity index is 0.00000363. The lowest BCUT2D eigenvalue weighted by Gasteiger charge is -2.21. The van der Waals surface area contributed by atoms with Gasteiger partial charge in [-0.05, 0) is 24.1 Å². The maximum Gasteiger partial charge on any atom is 0.221 e. The number of benzene rings is 2. The molecule has 0 radical (unpaired) electrons. The Morgan fingerprint density at radius 3 is 2.50 bits per heavy atom. The van der Waals surface area contributed by atoms with E-state index in [2.05, 4.69) is 25.8 Å². The molecule has 9 heteroatoms. The standard InChI is InChI=1S/C23H31N5O3.HI/c1-16(29)26-18-7-5-6-17(10-18)14-25-23(24-2)27-19-8-9-28(15-19)20-11-21(30-3)13-22(12-20)31-4;/h5-7,10-13,19H,8-9,14-15H2,1-4H3,(H,26,29)(H2,24,25,27);1H. The number of halogens is 1. The molecule has 2 aromatic carbocycles. The van der Waals surface area contributed by atoms with Crippen LogP contribution in [0, 0.1) is 0 Å². The lowest BCUT2D eigenvalue weighted by Crippen LogP contribution is -2.44. The molecule has 1 heterocycles. The van der Waals surface area contributed by atoms with Crippen LogP contribution in [-0.4, -0.2) is 52.3 Å². The van der Waals surface area contributed by atoms with Crippen molar-refractivity contribution in [3.05, 3.63) is 48.0 Å². The maximum absolute atomic E-state index is 11.3. The summed E-state index contributed by atoms with van der Waals surface area (Å²) in [6.07, 6.45) is 0.998. The molecule has 3 rings (SSSR count). The van der Waals surface area contributed by atoms with Crippen molar-refractivity contribution in [3.63, 3.8) is 0 Å². The van der Waals surface area contributed by atoms with Crippen molar-refractivity contribution in [3.8, 4) is 11.5 Å². The Morgan fingerprint density at radius 2 is 1.88 bits per heavy atom. The van der Waals surface area contributed by atoms with Gasteiger partial charge in [0.2, 0.25) is 5.91 Å². The number of amides is 1. The molecule has 1 aliphatic heterocycles. The second-order valence-corrected chi connectivity index (χ2v) is 7.45. The number of rotatable bonds is 7. The molecule has 0 saturated carbocycles. The second-order valence-electron chi connectivity index (χ2n) is 7.45. The lowest BCUT2D eigenvalue weighted by atomic mass is 10.2. The number of ether oxygens (including phenoxy) is 2. The molecule has 8 nitrogen and oxygen atoms in total. The molecule has 1 unspecified atom stereocenters. The first-order chi connectivity index (χ1) is 15.0. The molecule has 2 aromatic rings. The van der Waals surface area contributed by atoms with Gasteiger partial charge < -0.3 is 30.3 Å².